The number of hydrogen-bond acceptors (Lipinski definition) is 3. The SMILES string of the molecule is C=CC(=O)N1CCCC(n2nc(-c3ccc(C(F)(F)F)cc3)c3ccccc3c2=O)C1. The summed E-state index contributed by atoms with van der Waals surface area (Å²) in [5.41, 5.74) is -0.132. The molecule has 0 aliphatic carbocycles. The molecule has 0 spiro atoms. The summed E-state index contributed by atoms with van der Waals surface area (Å²) in [6, 6.07) is 11.3. The molecule has 0 saturated carbocycles. The summed E-state index contributed by atoms with van der Waals surface area (Å²) in [7, 11) is 0. The van der Waals surface area contributed by atoms with Crippen molar-refractivity contribution < 1.29 is 18.0 Å². The minimum Gasteiger partial charge on any atom is -0.337 e. The minimum atomic E-state index is -4.43. The Bertz CT molecular complexity index is 1200. The van der Waals surface area contributed by atoms with E-state index in [0.29, 0.717) is 48.0 Å². The molecule has 1 unspecified atom stereocenters. The quantitative estimate of drug-likeness (QED) is 0.581. The molecule has 160 valence electrons. The summed E-state index contributed by atoms with van der Waals surface area (Å²) < 4.78 is 40.3. The van der Waals surface area contributed by atoms with Gasteiger partial charge in [0.15, 0.2) is 0 Å². The van der Waals surface area contributed by atoms with Gasteiger partial charge in [-0.15, -0.1) is 0 Å². The molecule has 5 nitrogen and oxygen atoms in total. The summed E-state index contributed by atoms with van der Waals surface area (Å²) in [6.45, 7) is 4.42. The van der Waals surface area contributed by atoms with Gasteiger partial charge in [0.1, 0.15) is 0 Å². The lowest BCUT2D eigenvalue weighted by Gasteiger charge is -2.32. The summed E-state index contributed by atoms with van der Waals surface area (Å²) in [5, 5.41) is 5.56. The van der Waals surface area contributed by atoms with Crippen LogP contribution in [0.4, 0.5) is 13.2 Å². The van der Waals surface area contributed by atoms with Crippen molar-refractivity contribution in [1.82, 2.24) is 14.7 Å². The Morgan fingerprint density at radius 2 is 1.77 bits per heavy atom. The lowest BCUT2D eigenvalue weighted by molar-refractivity contribution is -0.137. The van der Waals surface area contributed by atoms with Crippen LogP contribution in [0.2, 0.25) is 0 Å². The zero-order valence-electron chi connectivity index (χ0n) is 16.6. The highest BCUT2D eigenvalue weighted by atomic mass is 19.4. The van der Waals surface area contributed by atoms with Crippen molar-refractivity contribution in [2.24, 2.45) is 0 Å². The Morgan fingerprint density at radius 1 is 1.10 bits per heavy atom. The van der Waals surface area contributed by atoms with E-state index in [9.17, 15) is 22.8 Å². The van der Waals surface area contributed by atoms with Crippen LogP contribution in [0.5, 0.6) is 0 Å². The van der Waals surface area contributed by atoms with E-state index in [-0.39, 0.29) is 17.5 Å². The second-order valence-electron chi connectivity index (χ2n) is 7.50. The monoisotopic (exact) mass is 427 g/mol. The zero-order chi connectivity index (χ0) is 22.2. The molecule has 1 aromatic heterocycles. The molecule has 0 radical (unpaired) electrons. The first-order chi connectivity index (χ1) is 14.8. The van der Waals surface area contributed by atoms with Gasteiger partial charge in [0.05, 0.1) is 22.7 Å². The fraction of sp³-hybridized carbons (Fsp3) is 0.261. The van der Waals surface area contributed by atoms with Gasteiger partial charge in [-0.2, -0.15) is 18.3 Å². The second kappa shape index (κ2) is 8.02. The lowest BCUT2D eigenvalue weighted by atomic mass is 10.0. The van der Waals surface area contributed by atoms with Crippen LogP contribution in [-0.2, 0) is 11.0 Å². The zero-order valence-corrected chi connectivity index (χ0v) is 16.6. The number of likely N-dealkylation sites (tertiary alicyclic amines) is 1. The third-order valence-corrected chi connectivity index (χ3v) is 5.54. The maximum absolute atomic E-state index is 13.2. The Labute approximate surface area is 176 Å². The van der Waals surface area contributed by atoms with Crippen molar-refractivity contribution >= 4 is 16.7 Å². The van der Waals surface area contributed by atoms with Crippen molar-refractivity contribution in [3.63, 3.8) is 0 Å². The van der Waals surface area contributed by atoms with E-state index < -0.39 is 11.7 Å². The van der Waals surface area contributed by atoms with Gasteiger partial charge in [-0.3, -0.25) is 9.59 Å². The van der Waals surface area contributed by atoms with E-state index in [1.54, 1.807) is 29.2 Å². The minimum absolute atomic E-state index is 0.207. The largest absolute Gasteiger partial charge is 0.416 e. The number of aromatic nitrogens is 2. The molecule has 8 heteroatoms. The fourth-order valence-electron chi connectivity index (χ4n) is 3.97. The number of hydrogen-bond donors (Lipinski definition) is 0. The van der Waals surface area contributed by atoms with E-state index in [0.717, 1.165) is 12.1 Å². The molecule has 1 atom stereocenters. The number of halogens is 3. The van der Waals surface area contributed by atoms with Crippen LogP contribution in [0.15, 0.2) is 66.0 Å². The van der Waals surface area contributed by atoms with E-state index in [2.05, 4.69) is 11.7 Å². The van der Waals surface area contributed by atoms with E-state index in [1.165, 1.54) is 22.9 Å². The number of nitrogens with zero attached hydrogens (tertiary/aromatic N) is 3. The van der Waals surface area contributed by atoms with Crippen LogP contribution >= 0.6 is 0 Å². The van der Waals surface area contributed by atoms with Crippen LogP contribution in [0.25, 0.3) is 22.0 Å². The van der Waals surface area contributed by atoms with Gasteiger partial charge in [-0.25, -0.2) is 4.68 Å². The molecule has 31 heavy (non-hydrogen) atoms. The third kappa shape index (κ3) is 3.97. The normalized spacial score (nSPS) is 17.0. The van der Waals surface area contributed by atoms with Crippen molar-refractivity contribution in [2.45, 2.75) is 25.1 Å². The van der Waals surface area contributed by atoms with E-state index >= 15 is 0 Å². The fourth-order valence-corrected chi connectivity index (χ4v) is 3.97. The molecule has 1 aliphatic rings. The average molecular weight is 427 g/mol. The molecule has 4 rings (SSSR count). The molecule has 1 amide bonds. The number of carbonyl (C=O) groups excluding carboxylic acids is 1. The first-order valence-electron chi connectivity index (χ1n) is 9.90. The summed E-state index contributed by atoms with van der Waals surface area (Å²) >= 11 is 0. The van der Waals surface area contributed by atoms with Crippen molar-refractivity contribution in [3.8, 4) is 11.3 Å². The summed E-state index contributed by atoms with van der Waals surface area (Å²) in [4.78, 5) is 26.8. The molecule has 0 bridgehead atoms. The first kappa shape index (κ1) is 20.8. The number of fused-ring (bicyclic) bond motifs is 1. The van der Waals surface area contributed by atoms with Crippen molar-refractivity contribution in [1.29, 1.82) is 0 Å². The highest BCUT2D eigenvalue weighted by Crippen LogP contribution is 2.32. The number of rotatable bonds is 3. The lowest BCUT2D eigenvalue weighted by Crippen LogP contribution is -2.43. The van der Waals surface area contributed by atoms with Crippen LogP contribution in [-0.4, -0.2) is 33.7 Å². The van der Waals surface area contributed by atoms with Gasteiger partial charge in [-0.05, 0) is 37.1 Å². The number of piperidine rings is 1. The van der Waals surface area contributed by atoms with E-state index in [1.807, 2.05) is 0 Å². The standard InChI is InChI=1S/C23H20F3N3O2/c1-2-20(30)28-13-5-6-17(14-28)29-22(31)19-8-4-3-7-18(19)21(27-29)15-9-11-16(12-10-15)23(24,25)26/h2-4,7-12,17H,1,5-6,13-14H2. The Kier molecular flexibility index (Phi) is 5.39. The van der Waals surface area contributed by atoms with Gasteiger partial charge < -0.3 is 4.90 Å². The predicted molar refractivity (Wildman–Crippen MR) is 111 cm³/mol. The van der Waals surface area contributed by atoms with Gasteiger partial charge in [0, 0.05) is 24.0 Å². The van der Waals surface area contributed by atoms with Gasteiger partial charge in [0.2, 0.25) is 5.91 Å². The Morgan fingerprint density at radius 3 is 2.42 bits per heavy atom. The molecule has 1 saturated heterocycles. The maximum Gasteiger partial charge on any atom is 0.416 e. The van der Waals surface area contributed by atoms with Crippen molar-refractivity contribution in [2.75, 3.05) is 13.1 Å². The van der Waals surface area contributed by atoms with Gasteiger partial charge >= 0.3 is 6.18 Å². The van der Waals surface area contributed by atoms with E-state index in [4.69, 9.17) is 0 Å². The topological polar surface area (TPSA) is 55.2 Å². The average Bonchev–Trinajstić information content (AvgIpc) is 2.78. The number of benzene rings is 2. The first-order valence-corrected chi connectivity index (χ1v) is 9.90. The van der Waals surface area contributed by atoms with Crippen LogP contribution in [0.1, 0.15) is 24.4 Å². The van der Waals surface area contributed by atoms with Gasteiger partial charge in [0.25, 0.3) is 5.56 Å². The summed E-state index contributed by atoms with van der Waals surface area (Å²) in [6.07, 6.45) is -1.82. The molecule has 1 aliphatic heterocycles. The smallest absolute Gasteiger partial charge is 0.337 e. The van der Waals surface area contributed by atoms with Crippen LogP contribution < -0.4 is 5.56 Å². The summed E-state index contributed by atoms with van der Waals surface area (Å²) in [5.74, 6) is -0.207. The number of alkyl halides is 3. The maximum atomic E-state index is 13.2. The molecule has 0 N–H and O–H groups in total. The molecule has 1 fully saturated rings. The Balaban J connectivity index is 1.83. The highest BCUT2D eigenvalue weighted by Gasteiger charge is 2.30. The van der Waals surface area contributed by atoms with Crippen LogP contribution in [0.3, 0.4) is 0 Å². The molecular weight excluding hydrogens is 407 g/mol. The highest BCUT2D eigenvalue weighted by molar-refractivity contribution is 5.93. The third-order valence-electron chi connectivity index (χ3n) is 5.54. The van der Waals surface area contributed by atoms with Crippen LogP contribution in [0, 0.1) is 0 Å². The second-order valence-corrected chi connectivity index (χ2v) is 7.50. The number of amides is 1. The molecule has 3 aromatic rings. The molecule has 2 heterocycles. The number of carbonyl (C=O) groups is 1. The van der Waals surface area contributed by atoms with Crippen molar-refractivity contribution in [3.05, 3.63) is 77.1 Å². The molecular formula is C23H20F3N3O2. The Hall–Kier alpha value is -3.42. The van der Waals surface area contributed by atoms with Gasteiger partial charge in [-0.1, -0.05) is 36.9 Å². The molecule has 2 aromatic carbocycles. The predicted octanol–water partition coefficient (Wildman–Crippen LogP) is 4.43.